The molecule has 0 aliphatic carbocycles. The molecule has 1 aliphatic heterocycles. The van der Waals surface area contributed by atoms with E-state index in [0.717, 1.165) is 31.0 Å². The molecule has 104 valence electrons. The van der Waals surface area contributed by atoms with Gasteiger partial charge in [-0.1, -0.05) is 19.1 Å². The normalized spacial score (nSPS) is 20.3. The van der Waals surface area contributed by atoms with Gasteiger partial charge in [0.25, 0.3) is 0 Å². The minimum Gasteiger partial charge on any atom is -0.497 e. The highest BCUT2D eigenvalue weighted by molar-refractivity contribution is 7.99. The molecular formula is C13H20BNO3S. The van der Waals surface area contributed by atoms with Crippen LogP contribution < -0.4 is 10.2 Å². The second-order valence-corrected chi connectivity index (χ2v) is 6.41. The monoisotopic (exact) mass is 281 g/mol. The Bertz CT molecular complexity index is 430. The number of hydrogen-bond acceptors (Lipinski definition) is 5. The first-order valence-corrected chi connectivity index (χ1v) is 7.52. The van der Waals surface area contributed by atoms with Crippen LogP contribution in [0.3, 0.4) is 0 Å². The van der Waals surface area contributed by atoms with E-state index >= 15 is 0 Å². The maximum Gasteiger partial charge on any atom is 0.492 e. The van der Waals surface area contributed by atoms with Gasteiger partial charge in [0, 0.05) is 36.1 Å². The highest BCUT2D eigenvalue weighted by atomic mass is 32.2. The maximum atomic E-state index is 9.37. The molecule has 0 bridgehead atoms. The van der Waals surface area contributed by atoms with E-state index < -0.39 is 7.12 Å². The third-order valence-corrected chi connectivity index (χ3v) is 4.44. The Morgan fingerprint density at radius 1 is 1.47 bits per heavy atom. The van der Waals surface area contributed by atoms with Crippen LogP contribution in [0.2, 0.25) is 0 Å². The van der Waals surface area contributed by atoms with Crippen molar-refractivity contribution in [3.63, 3.8) is 0 Å². The van der Waals surface area contributed by atoms with Gasteiger partial charge >= 0.3 is 7.12 Å². The molecule has 4 nitrogen and oxygen atoms in total. The van der Waals surface area contributed by atoms with Crippen molar-refractivity contribution in [1.29, 1.82) is 0 Å². The topological polar surface area (TPSA) is 52.9 Å². The van der Waals surface area contributed by atoms with Crippen molar-refractivity contribution >= 4 is 24.3 Å². The number of thioether (sulfide) groups is 1. The minimum atomic E-state index is -1.49. The molecule has 1 unspecified atom stereocenters. The number of nitrogens with zero attached hydrogens (tertiary/aromatic N) is 1. The molecule has 1 aromatic rings. The predicted molar refractivity (Wildman–Crippen MR) is 80.0 cm³/mol. The number of ether oxygens (including phenoxy) is 1. The second-order valence-electron chi connectivity index (χ2n) is 4.87. The molecule has 0 saturated carbocycles. The van der Waals surface area contributed by atoms with Crippen molar-refractivity contribution in [2.45, 2.75) is 18.7 Å². The van der Waals surface area contributed by atoms with Gasteiger partial charge in [-0.25, -0.2) is 0 Å². The zero-order chi connectivity index (χ0) is 13.8. The van der Waals surface area contributed by atoms with Gasteiger partial charge in [-0.2, -0.15) is 11.8 Å². The SMILES string of the molecule is COc1ccc(CN2CCSC(C)C2)cc1B(O)O. The van der Waals surface area contributed by atoms with Crippen LogP contribution in [-0.4, -0.2) is 53.3 Å². The van der Waals surface area contributed by atoms with E-state index in [1.165, 1.54) is 7.11 Å². The average molecular weight is 281 g/mol. The fraction of sp³-hybridized carbons (Fsp3) is 0.538. The minimum absolute atomic E-state index is 0.430. The predicted octanol–water partition coefficient (Wildman–Crippen LogP) is 0.312. The van der Waals surface area contributed by atoms with Gasteiger partial charge < -0.3 is 14.8 Å². The molecule has 0 spiro atoms. The van der Waals surface area contributed by atoms with E-state index in [-0.39, 0.29) is 0 Å². The summed E-state index contributed by atoms with van der Waals surface area (Å²) in [6, 6.07) is 5.60. The zero-order valence-electron chi connectivity index (χ0n) is 11.4. The molecule has 0 radical (unpaired) electrons. The Balaban J connectivity index is 2.10. The van der Waals surface area contributed by atoms with Gasteiger partial charge in [0.2, 0.25) is 0 Å². The Morgan fingerprint density at radius 2 is 2.26 bits per heavy atom. The molecule has 2 N–H and O–H groups in total. The van der Waals surface area contributed by atoms with Crippen LogP contribution in [0.4, 0.5) is 0 Å². The summed E-state index contributed by atoms with van der Waals surface area (Å²) in [6.07, 6.45) is 0. The molecule has 19 heavy (non-hydrogen) atoms. The summed E-state index contributed by atoms with van der Waals surface area (Å²) in [7, 11) is 0.0375. The Morgan fingerprint density at radius 3 is 2.89 bits per heavy atom. The Labute approximate surface area is 118 Å². The van der Waals surface area contributed by atoms with Gasteiger partial charge in [-0.15, -0.1) is 0 Å². The fourth-order valence-corrected chi connectivity index (χ4v) is 3.46. The molecule has 1 fully saturated rings. The van der Waals surface area contributed by atoms with Crippen LogP contribution in [0.15, 0.2) is 18.2 Å². The largest absolute Gasteiger partial charge is 0.497 e. The smallest absolute Gasteiger partial charge is 0.492 e. The van der Waals surface area contributed by atoms with Crippen LogP contribution in [0.5, 0.6) is 5.75 Å². The van der Waals surface area contributed by atoms with Crippen molar-refractivity contribution in [3.8, 4) is 5.75 Å². The summed E-state index contributed by atoms with van der Waals surface area (Å²) in [5, 5.41) is 19.4. The second kappa shape index (κ2) is 6.66. The van der Waals surface area contributed by atoms with Crippen LogP contribution >= 0.6 is 11.8 Å². The van der Waals surface area contributed by atoms with E-state index in [9.17, 15) is 10.0 Å². The summed E-state index contributed by atoms with van der Waals surface area (Å²) in [5.41, 5.74) is 1.52. The maximum absolute atomic E-state index is 9.37. The van der Waals surface area contributed by atoms with Gasteiger partial charge in [0.15, 0.2) is 0 Å². The Hall–Kier alpha value is -0.685. The van der Waals surface area contributed by atoms with E-state index in [0.29, 0.717) is 16.5 Å². The highest BCUT2D eigenvalue weighted by Gasteiger charge is 2.20. The number of benzene rings is 1. The molecule has 1 heterocycles. The van der Waals surface area contributed by atoms with Crippen molar-refractivity contribution in [2.24, 2.45) is 0 Å². The first-order chi connectivity index (χ1) is 9.10. The Kier molecular flexibility index (Phi) is 5.16. The number of methoxy groups -OCH3 is 1. The molecule has 2 rings (SSSR count). The molecule has 1 atom stereocenters. The first-order valence-electron chi connectivity index (χ1n) is 6.47. The quantitative estimate of drug-likeness (QED) is 0.778. The van der Waals surface area contributed by atoms with Crippen LogP contribution in [-0.2, 0) is 6.54 Å². The van der Waals surface area contributed by atoms with Crippen molar-refractivity contribution in [2.75, 3.05) is 26.0 Å². The van der Waals surface area contributed by atoms with Gasteiger partial charge in [0.05, 0.1) is 7.11 Å². The number of rotatable bonds is 4. The molecule has 1 saturated heterocycles. The third kappa shape index (κ3) is 3.89. The lowest BCUT2D eigenvalue weighted by Crippen LogP contribution is -2.37. The standard InChI is InChI=1S/C13H20BNO3S/c1-10-8-15(5-6-19-10)9-11-3-4-13(18-2)12(7-11)14(16)17/h3-4,7,10,16-17H,5-6,8-9H2,1-2H3. The lowest BCUT2D eigenvalue weighted by atomic mass is 9.78. The average Bonchev–Trinajstić information content (AvgIpc) is 2.38. The lowest BCUT2D eigenvalue weighted by Gasteiger charge is -2.30. The molecular weight excluding hydrogens is 261 g/mol. The number of hydrogen-bond donors (Lipinski definition) is 2. The summed E-state index contributed by atoms with van der Waals surface area (Å²) < 4.78 is 5.13. The van der Waals surface area contributed by atoms with Crippen molar-refractivity contribution in [3.05, 3.63) is 23.8 Å². The van der Waals surface area contributed by atoms with Gasteiger partial charge in [-0.3, -0.25) is 4.90 Å². The molecule has 1 aromatic carbocycles. The fourth-order valence-electron chi connectivity index (χ4n) is 2.38. The summed E-state index contributed by atoms with van der Waals surface area (Å²) in [6.45, 7) is 5.24. The van der Waals surface area contributed by atoms with E-state index in [1.54, 1.807) is 6.07 Å². The van der Waals surface area contributed by atoms with Crippen LogP contribution in [0.25, 0.3) is 0 Å². The summed E-state index contributed by atoms with van der Waals surface area (Å²) in [4.78, 5) is 2.40. The third-order valence-electron chi connectivity index (χ3n) is 3.30. The van der Waals surface area contributed by atoms with E-state index in [1.807, 2.05) is 23.9 Å². The van der Waals surface area contributed by atoms with E-state index in [2.05, 4.69) is 11.8 Å². The summed E-state index contributed by atoms with van der Waals surface area (Å²) in [5.74, 6) is 1.67. The van der Waals surface area contributed by atoms with Crippen LogP contribution in [0, 0.1) is 0 Å². The molecule has 0 aromatic heterocycles. The van der Waals surface area contributed by atoms with Gasteiger partial charge in [-0.05, 0) is 11.6 Å². The molecule has 0 amide bonds. The van der Waals surface area contributed by atoms with Gasteiger partial charge in [0.1, 0.15) is 5.75 Å². The summed E-state index contributed by atoms with van der Waals surface area (Å²) >= 11 is 2.00. The first kappa shape index (κ1) is 14.7. The van der Waals surface area contributed by atoms with E-state index in [4.69, 9.17) is 4.74 Å². The molecule has 1 aliphatic rings. The highest BCUT2D eigenvalue weighted by Crippen LogP contribution is 2.20. The van der Waals surface area contributed by atoms with Crippen molar-refractivity contribution in [1.82, 2.24) is 4.90 Å². The zero-order valence-corrected chi connectivity index (χ0v) is 12.2. The lowest BCUT2D eigenvalue weighted by molar-refractivity contribution is 0.278. The molecule has 6 heteroatoms. The van der Waals surface area contributed by atoms with Crippen LogP contribution in [0.1, 0.15) is 12.5 Å². The van der Waals surface area contributed by atoms with Crippen molar-refractivity contribution < 1.29 is 14.8 Å².